The highest BCUT2D eigenvalue weighted by molar-refractivity contribution is 7.01. The fourth-order valence-corrected chi connectivity index (χ4v) is 15.8. The zero-order valence-electron chi connectivity index (χ0n) is 41.0. The molecule has 6 aromatic carbocycles. The maximum atomic E-state index is 2.98. The number of hydrogen-bond acceptors (Lipinski definition) is 3. The van der Waals surface area contributed by atoms with Gasteiger partial charge in [-0.25, -0.2) is 0 Å². The van der Waals surface area contributed by atoms with E-state index in [4.69, 9.17) is 0 Å². The molecule has 0 spiro atoms. The first-order chi connectivity index (χ1) is 30.9. The summed E-state index contributed by atoms with van der Waals surface area (Å²) in [7, 11) is -1.78. The summed E-state index contributed by atoms with van der Waals surface area (Å²) in [4.78, 5) is 8.52. The zero-order valence-corrected chi connectivity index (χ0v) is 42.0. The Hall–Kier alpha value is -5.00. The number of anilines is 7. The van der Waals surface area contributed by atoms with Crippen molar-refractivity contribution < 1.29 is 0 Å². The molecular formula is C60H68BN3Si. The molecule has 5 heteroatoms. The van der Waals surface area contributed by atoms with Crippen molar-refractivity contribution in [2.24, 2.45) is 0 Å². The summed E-state index contributed by atoms with van der Waals surface area (Å²) in [5.41, 5.74) is 22.3. The topological polar surface area (TPSA) is 9.72 Å². The van der Waals surface area contributed by atoms with Crippen molar-refractivity contribution in [2.45, 2.75) is 154 Å². The van der Waals surface area contributed by atoms with E-state index in [2.05, 4.69) is 205 Å². The monoisotopic (exact) mass is 870 g/mol. The molecule has 330 valence electrons. The minimum absolute atomic E-state index is 0.0237. The maximum Gasteiger partial charge on any atom is 0.252 e. The van der Waals surface area contributed by atoms with Crippen LogP contribution in [0.5, 0.6) is 0 Å². The molecule has 0 N–H and O–H groups in total. The van der Waals surface area contributed by atoms with Crippen molar-refractivity contribution in [2.75, 3.05) is 14.7 Å². The fourth-order valence-electron chi connectivity index (χ4n) is 14.7. The van der Waals surface area contributed by atoms with Gasteiger partial charge in [0.2, 0.25) is 0 Å². The van der Waals surface area contributed by atoms with E-state index in [0.29, 0.717) is 0 Å². The van der Waals surface area contributed by atoms with Crippen LogP contribution in [-0.4, -0.2) is 25.9 Å². The Morgan fingerprint density at radius 2 is 1.26 bits per heavy atom. The molecular weight excluding hydrogens is 802 g/mol. The highest BCUT2D eigenvalue weighted by Crippen LogP contribution is 2.66. The molecule has 6 aromatic rings. The van der Waals surface area contributed by atoms with Gasteiger partial charge in [0.1, 0.15) is 0 Å². The first-order valence-corrected chi connectivity index (χ1v) is 28.6. The third-order valence-electron chi connectivity index (χ3n) is 18.3. The summed E-state index contributed by atoms with van der Waals surface area (Å²) in [5.74, 6) is 0. The molecule has 0 bridgehead atoms. The maximum absolute atomic E-state index is 2.98. The lowest BCUT2D eigenvalue weighted by Crippen LogP contribution is -2.65. The van der Waals surface area contributed by atoms with Crippen molar-refractivity contribution in [3.8, 4) is 0 Å². The number of benzene rings is 6. The van der Waals surface area contributed by atoms with Crippen LogP contribution >= 0.6 is 0 Å². The number of nitrogens with zero attached hydrogens (tertiary/aromatic N) is 3. The van der Waals surface area contributed by atoms with Crippen molar-refractivity contribution in [1.82, 2.24) is 0 Å². The van der Waals surface area contributed by atoms with E-state index in [1.165, 1.54) is 117 Å². The molecule has 65 heavy (non-hydrogen) atoms. The van der Waals surface area contributed by atoms with Crippen LogP contribution < -0.4 is 36.3 Å². The van der Waals surface area contributed by atoms with Crippen molar-refractivity contribution >= 4 is 76.2 Å². The molecule has 12 rings (SSSR count). The molecule has 6 aliphatic rings. The van der Waals surface area contributed by atoms with Crippen LogP contribution in [0.4, 0.5) is 39.8 Å². The lowest BCUT2D eigenvalue weighted by molar-refractivity contribution is 0.194. The van der Waals surface area contributed by atoms with Gasteiger partial charge in [0.05, 0.1) is 19.2 Å². The summed E-state index contributed by atoms with van der Waals surface area (Å²) < 4.78 is 0. The Kier molecular flexibility index (Phi) is 8.64. The lowest BCUT2D eigenvalue weighted by Gasteiger charge is -2.54. The lowest BCUT2D eigenvalue weighted by atomic mass is 9.33. The quantitative estimate of drug-likeness (QED) is 0.163. The highest BCUT2D eigenvalue weighted by Gasteiger charge is 2.65. The van der Waals surface area contributed by atoms with Gasteiger partial charge < -0.3 is 14.7 Å². The number of hydrogen-bond donors (Lipinski definition) is 0. The van der Waals surface area contributed by atoms with Crippen LogP contribution in [0.15, 0.2) is 115 Å². The Morgan fingerprint density at radius 3 is 2.00 bits per heavy atom. The van der Waals surface area contributed by atoms with Gasteiger partial charge in [-0.05, 0) is 145 Å². The van der Waals surface area contributed by atoms with Crippen LogP contribution in [0.2, 0.25) is 19.6 Å². The highest BCUT2D eigenvalue weighted by atomic mass is 28.3. The third kappa shape index (κ3) is 5.37. The summed E-state index contributed by atoms with van der Waals surface area (Å²) in [6, 6.07) is 46.9. The van der Waals surface area contributed by atoms with E-state index in [1.54, 1.807) is 16.3 Å². The van der Waals surface area contributed by atoms with E-state index in [0.717, 1.165) is 12.8 Å². The van der Waals surface area contributed by atoms with Crippen molar-refractivity contribution in [3.05, 3.63) is 149 Å². The van der Waals surface area contributed by atoms with Gasteiger partial charge in [-0.1, -0.05) is 157 Å². The summed E-state index contributed by atoms with van der Waals surface area (Å²) in [5, 5.41) is 1.58. The average molecular weight is 870 g/mol. The van der Waals surface area contributed by atoms with E-state index in [9.17, 15) is 0 Å². The number of fused-ring (bicyclic) bond motifs is 10. The van der Waals surface area contributed by atoms with E-state index in [-0.39, 0.29) is 34.0 Å². The molecule has 2 fully saturated rings. The molecule has 3 nitrogen and oxygen atoms in total. The predicted molar refractivity (Wildman–Crippen MR) is 282 cm³/mol. The largest absolute Gasteiger partial charge is 0.335 e. The Balaban J connectivity index is 1.23. The average Bonchev–Trinajstić information content (AvgIpc) is 3.64. The molecule has 0 amide bonds. The van der Waals surface area contributed by atoms with Crippen molar-refractivity contribution in [1.29, 1.82) is 0 Å². The van der Waals surface area contributed by atoms with E-state index < -0.39 is 8.07 Å². The molecule has 4 atom stereocenters. The Morgan fingerprint density at radius 1 is 0.554 bits per heavy atom. The van der Waals surface area contributed by atoms with Crippen LogP contribution in [0.3, 0.4) is 0 Å². The Bertz CT molecular complexity index is 2980. The first-order valence-electron chi connectivity index (χ1n) is 25.1. The van der Waals surface area contributed by atoms with E-state index >= 15 is 0 Å². The molecule has 4 heterocycles. The van der Waals surface area contributed by atoms with Gasteiger partial charge in [0.15, 0.2) is 0 Å². The third-order valence-corrected chi connectivity index (χ3v) is 20.3. The van der Waals surface area contributed by atoms with Crippen LogP contribution in [0.1, 0.15) is 126 Å². The SMILES string of the molecule is Cc1cccc(N2c3cc(C)ccc3B3c4cc([Si](C)(C)C)cc5c4N(c4cc(N6c7ccc(C(C)(C)C)cc7C7(C)CCCCC67C)cc2c43)C2(C)CCCCC52c2ccccc2)c1. The summed E-state index contributed by atoms with van der Waals surface area (Å²) in [6.45, 7) is 27.4. The second-order valence-electron chi connectivity index (χ2n) is 24.0. The molecule has 0 aromatic heterocycles. The van der Waals surface area contributed by atoms with Gasteiger partial charge in [-0.2, -0.15) is 0 Å². The van der Waals surface area contributed by atoms with Crippen molar-refractivity contribution in [3.63, 3.8) is 0 Å². The molecule has 0 radical (unpaired) electrons. The van der Waals surface area contributed by atoms with Gasteiger partial charge in [-0.15, -0.1) is 0 Å². The van der Waals surface area contributed by atoms with Gasteiger partial charge in [0.25, 0.3) is 6.71 Å². The second kappa shape index (κ2) is 13.6. The minimum atomic E-state index is -1.78. The molecule has 4 aliphatic heterocycles. The van der Waals surface area contributed by atoms with Crippen LogP contribution in [0, 0.1) is 13.8 Å². The van der Waals surface area contributed by atoms with E-state index in [1.807, 2.05) is 0 Å². The van der Waals surface area contributed by atoms with Gasteiger partial charge >= 0.3 is 0 Å². The molecule has 2 saturated carbocycles. The van der Waals surface area contributed by atoms with Gasteiger partial charge in [0, 0.05) is 50.6 Å². The summed E-state index contributed by atoms with van der Waals surface area (Å²) >= 11 is 0. The standard InChI is InChI=1S/C60H68BN3Si/c1-39-20-19-23-43(32-39)62-51-33-40(2)24-26-48(51)61-49-38-45(65(9,10)11)37-47-55(49)64(59(8)30-17-18-31-60(47,59)41-21-13-12-14-22-41)53-36-44(35-52(62)54(53)61)63-50-27-25-42(56(3,4)5)34-46(50)57(6)28-15-16-29-58(57,63)7/h12-14,19-27,32-38H,15-18,28-31H2,1-11H3. The predicted octanol–water partition coefficient (Wildman–Crippen LogP) is 13.3. The molecule has 2 aliphatic carbocycles. The molecule has 0 saturated heterocycles. The minimum Gasteiger partial charge on any atom is -0.335 e. The zero-order chi connectivity index (χ0) is 45.2. The second-order valence-corrected chi connectivity index (χ2v) is 29.1. The van der Waals surface area contributed by atoms with Gasteiger partial charge in [-0.3, -0.25) is 0 Å². The number of aryl methyl sites for hydroxylation is 2. The molecule has 4 unspecified atom stereocenters. The normalized spacial score (nSPS) is 26.0. The van der Waals surface area contributed by atoms with Crippen LogP contribution in [0.25, 0.3) is 0 Å². The first kappa shape index (κ1) is 41.4. The number of rotatable bonds is 4. The summed E-state index contributed by atoms with van der Waals surface area (Å²) in [6.07, 6.45) is 9.71. The fraction of sp³-hybridized carbons (Fsp3) is 0.400. The Labute approximate surface area is 391 Å². The smallest absolute Gasteiger partial charge is 0.252 e. The van der Waals surface area contributed by atoms with Crippen LogP contribution in [-0.2, 0) is 16.2 Å².